The van der Waals surface area contributed by atoms with Crippen LogP contribution in [0.15, 0.2) is 24.5 Å². The molecule has 7 heteroatoms. The second-order valence-corrected chi connectivity index (χ2v) is 7.16. The molecule has 1 aliphatic heterocycles. The third-order valence-corrected chi connectivity index (χ3v) is 4.95. The number of hydrogen-bond acceptors (Lipinski definition) is 3. The van der Waals surface area contributed by atoms with Gasteiger partial charge in [0.25, 0.3) is 0 Å². The Kier molecular flexibility index (Phi) is 4.14. The quantitative estimate of drug-likeness (QED) is 0.866. The number of nitrogens with one attached hydrogen (secondary N) is 1. The van der Waals surface area contributed by atoms with Crippen LogP contribution < -0.4 is 5.32 Å². The number of carbonyl (C=O) groups is 1. The maximum absolute atomic E-state index is 11.9. The molecule has 0 spiro atoms. The number of carbonyl (C=O) groups excluding carboxylic acids is 1. The first-order chi connectivity index (χ1) is 8.97. The van der Waals surface area contributed by atoms with E-state index in [2.05, 4.69) is 5.32 Å². The molecule has 0 aromatic carbocycles. The van der Waals surface area contributed by atoms with Gasteiger partial charge in [-0.3, -0.25) is 0 Å². The molecule has 1 N–H and O–H groups in total. The fraction of sp³-hybridized carbons (Fsp3) is 0.583. The Morgan fingerprint density at radius 3 is 2.63 bits per heavy atom. The molecule has 0 aliphatic carbocycles. The van der Waals surface area contributed by atoms with Gasteiger partial charge in [0.15, 0.2) is 9.84 Å². The van der Waals surface area contributed by atoms with Gasteiger partial charge in [-0.1, -0.05) is 0 Å². The zero-order valence-electron chi connectivity index (χ0n) is 10.9. The molecule has 19 heavy (non-hydrogen) atoms. The molecule has 0 bridgehead atoms. The lowest BCUT2D eigenvalue weighted by molar-refractivity contribution is 0.208. The van der Waals surface area contributed by atoms with Crippen molar-refractivity contribution in [2.75, 3.05) is 25.9 Å². The molecule has 2 heterocycles. The predicted molar refractivity (Wildman–Crippen MR) is 72.7 cm³/mol. The Morgan fingerprint density at radius 2 is 2.05 bits per heavy atom. The molecular formula is C12H19N3O3S. The standard InChI is InChI=1S/C12H19N3O3S/c1-19(17,18)11-4-8-15(10-11)12(16)13-5-9-14-6-2-3-7-14/h2-3,6-7,11H,4-5,8-10H2,1H3,(H,13,16)/t11-/m1/s1. The number of urea groups is 1. The summed E-state index contributed by atoms with van der Waals surface area (Å²) >= 11 is 0. The van der Waals surface area contributed by atoms with Crippen molar-refractivity contribution in [2.45, 2.75) is 18.2 Å². The van der Waals surface area contributed by atoms with Crippen molar-refractivity contribution in [3.8, 4) is 0 Å². The van der Waals surface area contributed by atoms with Crippen LogP contribution in [0.5, 0.6) is 0 Å². The lowest BCUT2D eigenvalue weighted by Gasteiger charge is -2.17. The smallest absolute Gasteiger partial charge is 0.317 e. The number of amides is 2. The molecule has 0 saturated carbocycles. The highest BCUT2D eigenvalue weighted by atomic mass is 32.2. The summed E-state index contributed by atoms with van der Waals surface area (Å²) in [6, 6.07) is 3.68. The van der Waals surface area contributed by atoms with Crippen molar-refractivity contribution < 1.29 is 13.2 Å². The monoisotopic (exact) mass is 285 g/mol. The van der Waals surface area contributed by atoms with Crippen molar-refractivity contribution in [1.29, 1.82) is 0 Å². The summed E-state index contributed by atoms with van der Waals surface area (Å²) in [6.45, 7) is 2.05. The van der Waals surface area contributed by atoms with Crippen LogP contribution in [-0.4, -0.2) is 55.1 Å². The van der Waals surface area contributed by atoms with Crippen LogP contribution in [0.3, 0.4) is 0 Å². The molecule has 0 radical (unpaired) electrons. The first-order valence-corrected chi connectivity index (χ1v) is 8.24. The van der Waals surface area contributed by atoms with Crippen LogP contribution >= 0.6 is 0 Å². The molecule has 1 aromatic heterocycles. The van der Waals surface area contributed by atoms with Crippen LogP contribution in [0.4, 0.5) is 4.79 Å². The minimum atomic E-state index is -3.05. The van der Waals surface area contributed by atoms with E-state index in [4.69, 9.17) is 0 Å². The van der Waals surface area contributed by atoms with E-state index in [1.54, 1.807) is 4.90 Å². The van der Waals surface area contributed by atoms with Crippen LogP contribution in [0.25, 0.3) is 0 Å². The second kappa shape index (κ2) is 5.64. The first kappa shape index (κ1) is 13.9. The summed E-state index contributed by atoms with van der Waals surface area (Å²) in [5, 5.41) is 2.39. The van der Waals surface area contributed by atoms with Crippen LogP contribution in [0.1, 0.15) is 6.42 Å². The van der Waals surface area contributed by atoms with Crippen LogP contribution in [0, 0.1) is 0 Å². The van der Waals surface area contributed by atoms with E-state index in [-0.39, 0.29) is 6.03 Å². The summed E-state index contributed by atoms with van der Waals surface area (Å²) in [6.07, 6.45) is 5.62. The van der Waals surface area contributed by atoms with Gasteiger partial charge in [0.2, 0.25) is 0 Å². The Morgan fingerprint density at radius 1 is 1.37 bits per heavy atom. The molecule has 6 nitrogen and oxygen atoms in total. The third-order valence-electron chi connectivity index (χ3n) is 3.35. The van der Waals surface area contributed by atoms with Gasteiger partial charge in [-0.05, 0) is 18.6 Å². The number of nitrogens with zero attached hydrogens (tertiary/aromatic N) is 2. The molecule has 1 fully saturated rings. The maximum atomic E-state index is 11.9. The van der Waals surface area contributed by atoms with Crippen molar-refractivity contribution in [1.82, 2.24) is 14.8 Å². The number of hydrogen-bond donors (Lipinski definition) is 1. The van der Waals surface area contributed by atoms with Crippen LogP contribution in [-0.2, 0) is 16.4 Å². The number of likely N-dealkylation sites (tertiary alicyclic amines) is 1. The highest BCUT2D eigenvalue weighted by Crippen LogP contribution is 2.15. The van der Waals surface area contributed by atoms with Gasteiger partial charge in [0.05, 0.1) is 5.25 Å². The Balaban J connectivity index is 1.75. The van der Waals surface area contributed by atoms with Gasteiger partial charge >= 0.3 is 6.03 Å². The highest BCUT2D eigenvalue weighted by Gasteiger charge is 2.32. The molecule has 1 saturated heterocycles. The van der Waals surface area contributed by atoms with Gasteiger partial charge in [-0.15, -0.1) is 0 Å². The highest BCUT2D eigenvalue weighted by molar-refractivity contribution is 7.91. The molecule has 1 atom stereocenters. The number of rotatable bonds is 4. The summed E-state index contributed by atoms with van der Waals surface area (Å²) in [5.74, 6) is 0. The first-order valence-electron chi connectivity index (χ1n) is 6.29. The average molecular weight is 285 g/mol. The van der Waals surface area contributed by atoms with Crippen molar-refractivity contribution in [2.24, 2.45) is 0 Å². The van der Waals surface area contributed by atoms with Crippen molar-refractivity contribution >= 4 is 15.9 Å². The van der Waals surface area contributed by atoms with E-state index in [0.717, 1.165) is 0 Å². The van der Waals surface area contributed by atoms with Gasteiger partial charge in [0, 0.05) is 44.8 Å². The fourth-order valence-electron chi connectivity index (χ4n) is 2.19. The molecule has 1 aromatic rings. The molecule has 106 valence electrons. The average Bonchev–Trinajstić information content (AvgIpc) is 2.99. The Hall–Kier alpha value is -1.50. The van der Waals surface area contributed by atoms with Crippen LogP contribution in [0.2, 0.25) is 0 Å². The van der Waals surface area contributed by atoms with E-state index in [9.17, 15) is 13.2 Å². The number of sulfone groups is 1. The summed E-state index contributed by atoms with van der Waals surface area (Å²) in [5.41, 5.74) is 0. The fourth-order valence-corrected chi connectivity index (χ4v) is 3.17. The van der Waals surface area contributed by atoms with E-state index >= 15 is 0 Å². The van der Waals surface area contributed by atoms with Gasteiger partial charge in [-0.25, -0.2) is 13.2 Å². The van der Waals surface area contributed by atoms with E-state index < -0.39 is 15.1 Å². The zero-order chi connectivity index (χ0) is 13.9. The van der Waals surface area contributed by atoms with Gasteiger partial charge < -0.3 is 14.8 Å². The third kappa shape index (κ3) is 3.73. The predicted octanol–water partition coefficient (Wildman–Crippen LogP) is 0.317. The summed E-state index contributed by atoms with van der Waals surface area (Å²) < 4.78 is 24.8. The molecule has 1 aliphatic rings. The zero-order valence-corrected chi connectivity index (χ0v) is 11.8. The van der Waals surface area contributed by atoms with Gasteiger partial charge in [-0.2, -0.15) is 0 Å². The molecule has 0 unspecified atom stereocenters. The largest absolute Gasteiger partial charge is 0.353 e. The van der Waals surface area contributed by atoms with Crippen molar-refractivity contribution in [3.63, 3.8) is 0 Å². The minimum absolute atomic E-state index is 0.182. The van der Waals surface area contributed by atoms with E-state index in [1.807, 2.05) is 29.1 Å². The normalized spacial score (nSPS) is 19.6. The molecule has 2 rings (SSSR count). The number of aromatic nitrogens is 1. The lowest BCUT2D eigenvalue weighted by Crippen LogP contribution is -2.40. The van der Waals surface area contributed by atoms with Gasteiger partial charge in [0.1, 0.15) is 0 Å². The molecule has 2 amide bonds. The summed E-state index contributed by atoms with van der Waals surface area (Å²) in [7, 11) is -3.05. The Labute approximate surface area is 113 Å². The maximum Gasteiger partial charge on any atom is 0.317 e. The van der Waals surface area contributed by atoms with Crippen molar-refractivity contribution in [3.05, 3.63) is 24.5 Å². The Bertz CT molecular complexity index is 524. The topological polar surface area (TPSA) is 71.4 Å². The summed E-state index contributed by atoms with van der Waals surface area (Å²) in [4.78, 5) is 13.4. The SMILES string of the molecule is CS(=O)(=O)[C@@H]1CCN(C(=O)NCCn2cccc2)C1. The second-order valence-electron chi connectivity index (χ2n) is 4.84. The minimum Gasteiger partial charge on any atom is -0.353 e. The van der Waals surface area contributed by atoms with E-state index in [0.29, 0.717) is 32.6 Å². The van der Waals surface area contributed by atoms with E-state index in [1.165, 1.54) is 6.26 Å². The lowest BCUT2D eigenvalue weighted by atomic mass is 10.4. The molecular weight excluding hydrogens is 266 g/mol.